The number of carbonyl (C=O) groups is 1. The van der Waals surface area contributed by atoms with E-state index in [0.717, 1.165) is 46.9 Å². The van der Waals surface area contributed by atoms with E-state index >= 15 is 0 Å². The fourth-order valence-corrected chi connectivity index (χ4v) is 4.84. The van der Waals surface area contributed by atoms with Gasteiger partial charge in [-0.1, -0.05) is 18.7 Å². The molecule has 0 fully saturated rings. The maximum absolute atomic E-state index is 13.1. The third kappa shape index (κ3) is 4.92. The average Bonchev–Trinajstić information content (AvgIpc) is 3.40. The Morgan fingerprint density at radius 3 is 2.44 bits per heavy atom. The van der Waals surface area contributed by atoms with Crippen LogP contribution in [0.15, 0.2) is 60.0 Å². The number of ether oxygens (including phenoxy) is 1. The lowest BCUT2D eigenvalue weighted by atomic mass is 10.2. The molecule has 0 saturated carbocycles. The summed E-state index contributed by atoms with van der Waals surface area (Å²) >= 11 is 1.40. The lowest BCUT2D eigenvalue weighted by Gasteiger charge is -2.11. The van der Waals surface area contributed by atoms with Gasteiger partial charge in [0.2, 0.25) is 0 Å². The summed E-state index contributed by atoms with van der Waals surface area (Å²) < 4.78 is 9.78. The van der Waals surface area contributed by atoms with E-state index in [4.69, 9.17) is 4.74 Å². The summed E-state index contributed by atoms with van der Waals surface area (Å²) in [6, 6.07) is 13.6. The lowest BCUT2D eigenvalue weighted by Crippen LogP contribution is -2.07. The van der Waals surface area contributed by atoms with Crippen molar-refractivity contribution in [2.24, 2.45) is 0 Å². The van der Waals surface area contributed by atoms with E-state index < -0.39 is 0 Å². The first-order valence-corrected chi connectivity index (χ1v) is 12.4. The van der Waals surface area contributed by atoms with Crippen LogP contribution in [0, 0.1) is 13.8 Å². The number of Topliss-reactive ketones (excluding diaryl/α,β-unsaturated/α-hetero) is 1. The number of thioether (sulfide) groups is 1. The van der Waals surface area contributed by atoms with E-state index in [1.54, 1.807) is 12.4 Å². The summed E-state index contributed by atoms with van der Waals surface area (Å²) in [5.74, 6) is 1.87. The number of nitrogens with zero attached hydrogens (tertiary/aromatic N) is 5. The SMILES string of the molecule is CCCn1c(C)cc(C(=O)CSc2nnc(-c3ccncc3)n2-c2ccc(OCC)cc2)c1C. The van der Waals surface area contributed by atoms with E-state index in [2.05, 4.69) is 33.6 Å². The van der Waals surface area contributed by atoms with Gasteiger partial charge in [0.15, 0.2) is 16.8 Å². The van der Waals surface area contributed by atoms with Crippen molar-refractivity contribution in [2.75, 3.05) is 12.4 Å². The van der Waals surface area contributed by atoms with E-state index in [1.165, 1.54) is 11.8 Å². The van der Waals surface area contributed by atoms with Crippen molar-refractivity contribution >= 4 is 17.5 Å². The molecular weight excluding hydrogens is 446 g/mol. The number of aromatic nitrogens is 5. The van der Waals surface area contributed by atoms with Crippen molar-refractivity contribution in [1.29, 1.82) is 0 Å². The predicted octanol–water partition coefficient (Wildman–Crippen LogP) is 5.53. The average molecular weight is 476 g/mol. The second-order valence-electron chi connectivity index (χ2n) is 7.95. The molecule has 34 heavy (non-hydrogen) atoms. The standard InChI is InChI=1S/C26H29N5O2S/c1-5-15-30-18(3)16-23(19(30)4)24(32)17-34-26-29-28-25(20-11-13-27-14-12-20)31(26)21-7-9-22(10-8-21)33-6-2/h7-14,16H,5-6,15,17H2,1-4H3. The maximum atomic E-state index is 13.1. The summed E-state index contributed by atoms with van der Waals surface area (Å²) in [4.78, 5) is 17.2. The highest BCUT2D eigenvalue weighted by molar-refractivity contribution is 7.99. The molecule has 3 aromatic heterocycles. The molecule has 7 nitrogen and oxygen atoms in total. The van der Waals surface area contributed by atoms with E-state index in [9.17, 15) is 4.79 Å². The highest BCUT2D eigenvalue weighted by Crippen LogP contribution is 2.29. The van der Waals surface area contributed by atoms with Gasteiger partial charge in [-0.05, 0) is 69.7 Å². The highest BCUT2D eigenvalue weighted by Gasteiger charge is 2.20. The second kappa shape index (κ2) is 10.7. The Morgan fingerprint density at radius 1 is 1.03 bits per heavy atom. The molecule has 0 aliphatic heterocycles. The molecule has 176 valence electrons. The van der Waals surface area contributed by atoms with Crippen LogP contribution in [-0.2, 0) is 6.54 Å². The summed E-state index contributed by atoms with van der Waals surface area (Å²) in [5.41, 5.74) is 4.72. The summed E-state index contributed by atoms with van der Waals surface area (Å²) in [7, 11) is 0. The molecule has 1 aromatic carbocycles. The molecule has 4 aromatic rings. The third-order valence-corrected chi connectivity index (χ3v) is 6.56. The number of hydrogen-bond donors (Lipinski definition) is 0. The van der Waals surface area contributed by atoms with Crippen molar-refractivity contribution in [3.63, 3.8) is 0 Å². The number of ketones is 1. The van der Waals surface area contributed by atoms with Crippen molar-refractivity contribution in [1.82, 2.24) is 24.3 Å². The molecule has 8 heteroatoms. The Balaban J connectivity index is 1.64. The minimum Gasteiger partial charge on any atom is -0.494 e. The van der Waals surface area contributed by atoms with Gasteiger partial charge in [0.05, 0.1) is 12.4 Å². The van der Waals surface area contributed by atoms with Crippen molar-refractivity contribution in [2.45, 2.75) is 45.8 Å². The second-order valence-corrected chi connectivity index (χ2v) is 8.90. The molecule has 0 radical (unpaired) electrons. The van der Waals surface area contributed by atoms with Crippen LogP contribution in [0.5, 0.6) is 5.75 Å². The van der Waals surface area contributed by atoms with Gasteiger partial charge in [0.25, 0.3) is 0 Å². The van der Waals surface area contributed by atoms with Gasteiger partial charge in [0.1, 0.15) is 5.75 Å². The lowest BCUT2D eigenvalue weighted by molar-refractivity contribution is 0.102. The molecule has 0 amide bonds. The first kappa shape index (κ1) is 23.8. The zero-order chi connectivity index (χ0) is 24.1. The number of rotatable bonds is 10. The van der Waals surface area contributed by atoms with Crippen molar-refractivity contribution < 1.29 is 9.53 Å². The van der Waals surface area contributed by atoms with Crippen LogP contribution in [0.2, 0.25) is 0 Å². The predicted molar refractivity (Wildman–Crippen MR) is 135 cm³/mol. The third-order valence-electron chi connectivity index (χ3n) is 5.63. The van der Waals surface area contributed by atoms with Crippen LogP contribution in [0.4, 0.5) is 0 Å². The van der Waals surface area contributed by atoms with Crippen LogP contribution < -0.4 is 4.74 Å². The van der Waals surface area contributed by atoms with Gasteiger partial charge in [-0.3, -0.25) is 14.3 Å². The smallest absolute Gasteiger partial charge is 0.196 e. The van der Waals surface area contributed by atoms with E-state index in [0.29, 0.717) is 17.6 Å². The van der Waals surface area contributed by atoms with Gasteiger partial charge >= 0.3 is 0 Å². The number of aryl methyl sites for hydroxylation is 1. The van der Waals surface area contributed by atoms with E-state index in [1.807, 2.05) is 60.9 Å². The minimum atomic E-state index is 0.0900. The van der Waals surface area contributed by atoms with Gasteiger partial charge in [-0.2, -0.15) is 0 Å². The van der Waals surface area contributed by atoms with Crippen LogP contribution >= 0.6 is 11.8 Å². The summed E-state index contributed by atoms with van der Waals surface area (Å²) in [5, 5.41) is 9.54. The first-order chi connectivity index (χ1) is 16.5. The number of benzene rings is 1. The Bertz CT molecular complexity index is 1260. The molecule has 0 spiro atoms. The number of hydrogen-bond acceptors (Lipinski definition) is 6. The molecule has 0 saturated heterocycles. The molecule has 3 heterocycles. The number of pyridine rings is 1. The topological polar surface area (TPSA) is 74.8 Å². The fraction of sp³-hybridized carbons (Fsp3) is 0.308. The zero-order valence-electron chi connectivity index (χ0n) is 20.0. The Hall–Kier alpha value is -3.39. The van der Waals surface area contributed by atoms with Gasteiger partial charge in [-0.15, -0.1) is 10.2 Å². The van der Waals surface area contributed by atoms with Gasteiger partial charge in [0, 0.05) is 47.1 Å². The maximum Gasteiger partial charge on any atom is 0.196 e. The largest absolute Gasteiger partial charge is 0.494 e. The van der Waals surface area contributed by atoms with Crippen LogP contribution in [-0.4, -0.2) is 42.5 Å². The zero-order valence-corrected chi connectivity index (χ0v) is 20.8. The minimum absolute atomic E-state index is 0.0900. The van der Waals surface area contributed by atoms with Gasteiger partial charge in [-0.25, -0.2) is 0 Å². The van der Waals surface area contributed by atoms with Gasteiger partial charge < -0.3 is 9.30 Å². The van der Waals surface area contributed by atoms with Crippen LogP contribution in [0.3, 0.4) is 0 Å². The molecule has 0 aliphatic rings. The Labute approximate surface area is 204 Å². The normalized spacial score (nSPS) is 11.1. The highest BCUT2D eigenvalue weighted by atomic mass is 32.2. The Morgan fingerprint density at radius 2 is 1.76 bits per heavy atom. The monoisotopic (exact) mass is 475 g/mol. The molecular formula is C26H29N5O2S. The van der Waals surface area contributed by atoms with E-state index in [-0.39, 0.29) is 11.5 Å². The quantitative estimate of drug-likeness (QED) is 0.222. The molecule has 0 N–H and O–H groups in total. The Kier molecular flexibility index (Phi) is 7.47. The molecule has 0 bridgehead atoms. The molecule has 4 rings (SSSR count). The van der Waals surface area contributed by atoms with Crippen LogP contribution in [0.1, 0.15) is 42.0 Å². The van der Waals surface area contributed by atoms with Crippen molar-refractivity contribution in [3.05, 3.63) is 71.8 Å². The molecule has 0 atom stereocenters. The summed E-state index contributed by atoms with van der Waals surface area (Å²) in [6.07, 6.45) is 4.49. The number of carbonyl (C=O) groups excluding carboxylic acids is 1. The summed E-state index contributed by atoms with van der Waals surface area (Å²) in [6.45, 7) is 9.70. The van der Waals surface area contributed by atoms with Crippen LogP contribution in [0.25, 0.3) is 17.1 Å². The van der Waals surface area contributed by atoms with Crippen molar-refractivity contribution in [3.8, 4) is 22.8 Å². The fourth-order valence-electron chi connectivity index (χ4n) is 4.00. The first-order valence-electron chi connectivity index (χ1n) is 11.4. The molecule has 0 aliphatic carbocycles. The molecule has 0 unspecified atom stereocenters.